The number of carbonyl (C=O) groups excluding carboxylic acids is 2. The van der Waals surface area contributed by atoms with E-state index in [0.717, 1.165) is 0 Å². The number of aliphatic carboxylic acids is 2. The van der Waals surface area contributed by atoms with Crippen molar-refractivity contribution in [2.45, 2.75) is 25.0 Å². The third-order valence-corrected chi connectivity index (χ3v) is 2.82. The Labute approximate surface area is 113 Å². The van der Waals surface area contributed by atoms with Gasteiger partial charge in [-0.25, -0.2) is 0 Å². The Bertz CT molecular complexity index is 245. The van der Waals surface area contributed by atoms with Crippen LogP contribution >= 0.6 is 0 Å². The molecule has 0 aromatic heterocycles. The molecular formula is C8H19CoO9+3. The summed E-state index contributed by atoms with van der Waals surface area (Å²) in [6.45, 7) is 0. The van der Waals surface area contributed by atoms with Crippen LogP contribution in [-0.2, 0) is 47.5 Å². The fourth-order valence-corrected chi connectivity index (χ4v) is 2.28. The van der Waals surface area contributed by atoms with Crippen molar-refractivity contribution in [2.24, 2.45) is 11.8 Å². The molecule has 2 aliphatic rings. The van der Waals surface area contributed by atoms with Crippen molar-refractivity contribution in [1.82, 2.24) is 0 Å². The van der Waals surface area contributed by atoms with Gasteiger partial charge < -0.3 is 46.4 Å². The van der Waals surface area contributed by atoms with Crippen LogP contribution < -0.4 is 10.2 Å². The fraction of sp³-hybridized carbons (Fsp3) is 0.750. The number of ether oxygens (including phenoxy) is 1. The van der Waals surface area contributed by atoms with Crippen molar-refractivity contribution in [3.05, 3.63) is 0 Å². The molecule has 4 atom stereocenters. The van der Waals surface area contributed by atoms with Crippen LogP contribution in [-0.4, -0.2) is 29.6 Å². The Hall–Kier alpha value is -0.754. The molecule has 111 valence electrons. The third-order valence-electron chi connectivity index (χ3n) is 2.82. The minimum absolute atomic E-state index is 0. The van der Waals surface area contributed by atoms with Gasteiger partial charge in [-0.2, -0.15) is 0 Å². The van der Waals surface area contributed by atoms with E-state index >= 15 is 0 Å². The van der Waals surface area contributed by atoms with Crippen molar-refractivity contribution in [1.29, 1.82) is 0 Å². The number of carboxylic acids is 2. The first-order valence-corrected chi connectivity index (χ1v) is 4.18. The maximum Gasteiger partial charge on any atom is 2.00 e. The molecular weight excluding hydrogens is 299 g/mol. The maximum atomic E-state index is 10.6. The number of rotatable bonds is 2. The predicted molar refractivity (Wildman–Crippen MR) is 53.1 cm³/mol. The van der Waals surface area contributed by atoms with E-state index < -0.39 is 36.0 Å². The van der Waals surface area contributed by atoms with E-state index in [1.54, 1.807) is 0 Å². The zero-order chi connectivity index (χ0) is 9.59. The maximum absolute atomic E-state index is 10.6. The quantitative estimate of drug-likeness (QED) is 0.452. The van der Waals surface area contributed by atoms with E-state index in [1.807, 2.05) is 0 Å². The Morgan fingerprint density at radius 2 is 1.17 bits per heavy atom. The Balaban J connectivity index is -0.000000196. The Kier molecular flexibility index (Phi) is 13.3. The first-order valence-electron chi connectivity index (χ1n) is 4.18. The second-order valence-electron chi connectivity index (χ2n) is 3.48. The van der Waals surface area contributed by atoms with Crippen LogP contribution in [0.1, 0.15) is 12.8 Å². The third kappa shape index (κ3) is 3.88. The molecule has 0 unspecified atom stereocenters. The molecule has 0 aliphatic carbocycles. The van der Waals surface area contributed by atoms with Gasteiger partial charge in [0.15, 0.2) is 0 Å². The van der Waals surface area contributed by atoms with Gasteiger partial charge in [0.2, 0.25) is 0 Å². The summed E-state index contributed by atoms with van der Waals surface area (Å²) in [4.78, 5) is 21.2. The summed E-state index contributed by atoms with van der Waals surface area (Å²) in [6.07, 6.45) is 0.232. The number of fused-ring (bicyclic) bond motifs is 2. The second-order valence-corrected chi connectivity index (χ2v) is 3.48. The molecule has 9 nitrogen and oxygen atoms in total. The van der Waals surface area contributed by atoms with Crippen molar-refractivity contribution >= 4 is 11.9 Å². The summed E-state index contributed by atoms with van der Waals surface area (Å²) >= 11 is 0. The zero-order valence-corrected chi connectivity index (χ0v) is 10.4. The van der Waals surface area contributed by atoms with Crippen LogP contribution in [0.15, 0.2) is 0 Å². The second kappa shape index (κ2) is 9.21. The summed E-state index contributed by atoms with van der Waals surface area (Å²) < 4.78 is 5.18. The molecule has 18 heavy (non-hydrogen) atoms. The fourth-order valence-electron chi connectivity index (χ4n) is 2.28. The number of hydrogen-bond donors (Lipinski definition) is 0. The van der Waals surface area contributed by atoms with Gasteiger partial charge >= 0.3 is 16.8 Å². The molecule has 1 radical (unpaired) electrons. The summed E-state index contributed by atoms with van der Waals surface area (Å²) in [7, 11) is 0. The first kappa shape index (κ1) is 25.9. The van der Waals surface area contributed by atoms with Crippen molar-refractivity contribution in [3.63, 3.8) is 0 Å². The smallest absolute Gasteiger partial charge is 0.550 e. The minimum atomic E-state index is -1.35. The monoisotopic (exact) mass is 318 g/mol. The first-order chi connectivity index (χ1) is 6.11. The zero-order valence-electron chi connectivity index (χ0n) is 9.33. The van der Waals surface area contributed by atoms with Crippen molar-refractivity contribution < 1.29 is 63.2 Å². The predicted octanol–water partition coefficient (Wildman–Crippen LogP) is -6.31. The molecule has 0 aromatic carbocycles. The average Bonchev–Trinajstić information content (AvgIpc) is 2.60. The van der Waals surface area contributed by atoms with E-state index in [2.05, 4.69) is 0 Å². The van der Waals surface area contributed by atoms with Gasteiger partial charge in [0, 0.05) is 23.8 Å². The summed E-state index contributed by atoms with van der Waals surface area (Å²) in [6, 6.07) is 0. The van der Waals surface area contributed by atoms with E-state index in [0.29, 0.717) is 12.8 Å². The molecule has 11 N–H and O–H groups in total. The van der Waals surface area contributed by atoms with Gasteiger partial charge in [0.25, 0.3) is 0 Å². The normalized spacial score (nSPS) is 30.4. The van der Waals surface area contributed by atoms with Gasteiger partial charge in [-0.1, -0.05) is 0 Å². The van der Waals surface area contributed by atoms with Crippen molar-refractivity contribution in [3.8, 4) is 0 Å². The van der Waals surface area contributed by atoms with E-state index in [1.165, 1.54) is 0 Å². The summed E-state index contributed by atoms with van der Waals surface area (Å²) in [5.74, 6) is -4.74. The molecule has 0 aromatic rings. The Morgan fingerprint density at radius 3 is 1.39 bits per heavy atom. The molecule has 2 saturated heterocycles. The van der Waals surface area contributed by atoms with Crippen LogP contribution in [0.2, 0.25) is 0 Å². The van der Waals surface area contributed by atoms with Crippen LogP contribution in [0.5, 0.6) is 0 Å². The molecule has 10 heteroatoms. The van der Waals surface area contributed by atoms with Crippen LogP contribution in [0, 0.1) is 11.8 Å². The Morgan fingerprint density at radius 1 is 0.889 bits per heavy atom. The minimum Gasteiger partial charge on any atom is -0.550 e. The average molecular weight is 318 g/mol. The van der Waals surface area contributed by atoms with Crippen LogP contribution in [0.4, 0.5) is 0 Å². The number of hydrogen-bond acceptors (Lipinski definition) is 5. The molecule has 0 saturated carbocycles. The van der Waals surface area contributed by atoms with Crippen LogP contribution in [0.25, 0.3) is 0 Å². The van der Waals surface area contributed by atoms with Gasteiger partial charge in [-0.15, -0.1) is 0 Å². The molecule has 0 amide bonds. The van der Waals surface area contributed by atoms with E-state index in [-0.39, 0.29) is 38.7 Å². The molecule has 0 spiro atoms. The molecule has 2 bridgehead atoms. The van der Waals surface area contributed by atoms with E-state index in [4.69, 9.17) is 4.74 Å². The molecule has 2 heterocycles. The van der Waals surface area contributed by atoms with Gasteiger partial charge in [0.1, 0.15) is 0 Å². The molecule has 2 rings (SSSR count). The summed E-state index contributed by atoms with van der Waals surface area (Å²) in [5, 5.41) is 21.2. The van der Waals surface area contributed by atoms with Gasteiger partial charge in [0.05, 0.1) is 12.2 Å². The topological polar surface area (TPSA) is 220 Å². The van der Waals surface area contributed by atoms with Gasteiger partial charge in [-0.05, 0) is 12.8 Å². The number of carbonyl (C=O) groups is 2. The molecule has 2 aliphatic heterocycles. The number of carboxylic acid groups (broad SMARTS) is 2. The summed E-state index contributed by atoms with van der Waals surface area (Å²) in [5.41, 5.74) is 0. The van der Waals surface area contributed by atoms with Gasteiger partial charge in [-0.3, -0.25) is 0 Å². The van der Waals surface area contributed by atoms with E-state index in [9.17, 15) is 19.8 Å². The SMILES string of the molecule is O.O=C([O-])[C@@H]1[C@H](C(=O)[O-])[C@H]2CC[C@@H]1O2.[Co+2].[OH3+].[OH3+].[OH3+]. The van der Waals surface area contributed by atoms with Crippen molar-refractivity contribution in [2.75, 3.05) is 0 Å². The molecule has 2 fully saturated rings. The van der Waals surface area contributed by atoms with Crippen LogP contribution in [0.3, 0.4) is 0 Å². The standard InChI is InChI=1S/C8H10O5.Co.4H2O/c9-7(10)5-3-1-2-4(13-3)6(5)8(11)12;;;;;/h3-6H,1-2H2,(H,9,10)(H,11,12);;4*1H2/q;+2;;;;/p+1/t3-,4+,5-,6+;;;;;. The largest absolute Gasteiger partial charge is 2.00 e.